The van der Waals surface area contributed by atoms with Crippen molar-refractivity contribution in [2.24, 2.45) is 16.6 Å². The Bertz CT molecular complexity index is 490. The van der Waals surface area contributed by atoms with Gasteiger partial charge in [-0.3, -0.25) is 5.73 Å². The molecule has 6 nitrogen and oxygen atoms in total. The van der Waals surface area contributed by atoms with Gasteiger partial charge in [-0.05, 0) is 6.92 Å². The zero-order valence-electron chi connectivity index (χ0n) is 8.78. The van der Waals surface area contributed by atoms with E-state index in [2.05, 4.69) is 17.1 Å². The van der Waals surface area contributed by atoms with E-state index in [1.165, 1.54) is 0 Å². The maximum absolute atomic E-state index is 9.32. The lowest BCUT2D eigenvalue weighted by Crippen LogP contribution is -2.89. The van der Waals surface area contributed by atoms with E-state index in [-0.39, 0.29) is 11.9 Å². The lowest BCUT2D eigenvalue weighted by Gasteiger charge is -2.22. The van der Waals surface area contributed by atoms with Gasteiger partial charge in [0.2, 0.25) is 0 Å². The third-order valence-electron chi connectivity index (χ3n) is 3.72. The Labute approximate surface area is 92.3 Å². The fraction of sp³-hybridized carbons (Fsp3) is 0.700. The van der Waals surface area contributed by atoms with Gasteiger partial charge in [0.25, 0.3) is 5.84 Å². The summed E-state index contributed by atoms with van der Waals surface area (Å²) in [5.41, 5.74) is 3.85. The monoisotopic (exact) mass is 219 g/mol. The molecule has 0 aromatic heterocycles. The van der Waals surface area contributed by atoms with Gasteiger partial charge in [0.05, 0.1) is 24.8 Å². The highest BCUT2D eigenvalue weighted by molar-refractivity contribution is 5.92. The van der Waals surface area contributed by atoms with Crippen molar-refractivity contribution < 1.29 is 14.5 Å². The van der Waals surface area contributed by atoms with Gasteiger partial charge in [-0.15, -0.1) is 0 Å². The summed E-state index contributed by atoms with van der Waals surface area (Å²) < 4.78 is 11.2. The molecule has 0 amide bonds. The van der Waals surface area contributed by atoms with E-state index >= 15 is 0 Å². The van der Waals surface area contributed by atoms with Crippen LogP contribution in [0, 0.1) is 33.5 Å². The average molecular weight is 219 g/mol. The van der Waals surface area contributed by atoms with Crippen molar-refractivity contribution in [2.75, 3.05) is 6.61 Å². The van der Waals surface area contributed by atoms with Gasteiger partial charge < -0.3 is 9.47 Å². The Morgan fingerprint density at radius 2 is 2.25 bits per heavy atom. The lowest BCUT2D eigenvalue weighted by atomic mass is 9.94. The van der Waals surface area contributed by atoms with E-state index in [1.807, 2.05) is 6.92 Å². The normalized spacial score (nSPS) is 52.9. The standard InChI is InChI=1S/C10H10N4O2/c1-6-2-15-10(16-6)9(5-12)3-8(9,4-11)7(13)14-10/h6H,2-3H2,1H3,(H2,13,14)/p+1/t6-,8-,9-,10+/m0/s1. The minimum atomic E-state index is -1.22. The molecule has 2 fully saturated rings. The van der Waals surface area contributed by atoms with E-state index < -0.39 is 16.7 Å². The number of rotatable bonds is 0. The number of amidine groups is 1. The molecule has 1 aliphatic carbocycles. The molecule has 16 heavy (non-hydrogen) atoms. The van der Waals surface area contributed by atoms with Crippen molar-refractivity contribution in [3.63, 3.8) is 0 Å². The fourth-order valence-corrected chi connectivity index (χ4v) is 2.75. The second-order valence-electron chi connectivity index (χ2n) is 4.61. The summed E-state index contributed by atoms with van der Waals surface area (Å²) in [6.07, 6.45) is 0.263. The Balaban J connectivity index is 2.13. The van der Waals surface area contributed by atoms with Crippen LogP contribution in [0.3, 0.4) is 0 Å². The number of hydrogen-bond donors (Lipinski definition) is 2. The molecule has 0 unspecified atom stereocenters. The molecule has 82 valence electrons. The number of nitrogens with one attached hydrogen (secondary N) is 1. The zero-order chi connectivity index (χ0) is 11.6. The van der Waals surface area contributed by atoms with Crippen LogP contribution < -0.4 is 10.7 Å². The Morgan fingerprint density at radius 1 is 1.50 bits per heavy atom. The van der Waals surface area contributed by atoms with Crippen LogP contribution in [0.4, 0.5) is 0 Å². The van der Waals surface area contributed by atoms with Gasteiger partial charge in [0.15, 0.2) is 10.8 Å². The molecule has 0 aromatic carbocycles. The van der Waals surface area contributed by atoms with Crippen LogP contribution in [-0.2, 0) is 9.47 Å². The highest BCUT2D eigenvalue weighted by atomic mass is 16.8. The molecule has 4 atom stereocenters. The molecule has 2 heterocycles. The predicted octanol–water partition coefficient (Wildman–Crippen LogP) is -2.05. The zero-order valence-corrected chi connectivity index (χ0v) is 8.78. The summed E-state index contributed by atoms with van der Waals surface area (Å²) in [5, 5.41) is 18.5. The third-order valence-corrected chi connectivity index (χ3v) is 3.72. The topological polar surface area (TPSA) is 106 Å². The van der Waals surface area contributed by atoms with E-state index in [4.69, 9.17) is 15.2 Å². The maximum Gasteiger partial charge on any atom is 0.343 e. The van der Waals surface area contributed by atoms with Crippen LogP contribution in [0.2, 0.25) is 0 Å². The molecule has 1 spiro atoms. The summed E-state index contributed by atoms with van der Waals surface area (Å²) in [5.74, 6) is -0.938. The van der Waals surface area contributed by atoms with Crippen molar-refractivity contribution in [3.05, 3.63) is 0 Å². The van der Waals surface area contributed by atoms with E-state index in [0.29, 0.717) is 13.0 Å². The fourth-order valence-electron chi connectivity index (χ4n) is 2.75. The molecule has 0 aromatic rings. The van der Waals surface area contributed by atoms with Crippen molar-refractivity contribution in [3.8, 4) is 12.1 Å². The van der Waals surface area contributed by atoms with Crippen LogP contribution in [0.5, 0.6) is 0 Å². The van der Waals surface area contributed by atoms with E-state index in [1.54, 1.807) is 0 Å². The van der Waals surface area contributed by atoms with Crippen LogP contribution >= 0.6 is 0 Å². The summed E-state index contributed by atoms with van der Waals surface area (Å²) in [6.45, 7) is 2.25. The highest BCUT2D eigenvalue weighted by Gasteiger charge is 2.91. The van der Waals surface area contributed by atoms with Crippen LogP contribution in [0.15, 0.2) is 0 Å². The molecule has 1 saturated carbocycles. The van der Waals surface area contributed by atoms with Crippen molar-refractivity contribution in [2.45, 2.75) is 25.4 Å². The van der Waals surface area contributed by atoms with Crippen molar-refractivity contribution >= 4 is 5.84 Å². The van der Waals surface area contributed by atoms with Crippen LogP contribution in [0.25, 0.3) is 0 Å². The van der Waals surface area contributed by atoms with Gasteiger partial charge in [-0.25, -0.2) is 4.99 Å². The summed E-state index contributed by atoms with van der Waals surface area (Å²) in [6, 6.07) is 4.27. The van der Waals surface area contributed by atoms with Gasteiger partial charge in [0, 0.05) is 6.42 Å². The van der Waals surface area contributed by atoms with Crippen molar-refractivity contribution in [1.29, 1.82) is 10.5 Å². The maximum atomic E-state index is 9.32. The predicted molar refractivity (Wildman–Crippen MR) is 50.1 cm³/mol. The van der Waals surface area contributed by atoms with Gasteiger partial charge in [-0.1, -0.05) is 0 Å². The molecular formula is C10H11N4O2+. The Hall–Kier alpha value is -1.63. The summed E-state index contributed by atoms with van der Waals surface area (Å²) in [7, 11) is 0. The first-order chi connectivity index (χ1) is 7.56. The molecule has 0 radical (unpaired) electrons. The second kappa shape index (κ2) is 2.37. The van der Waals surface area contributed by atoms with Gasteiger partial charge in [-0.2, -0.15) is 10.5 Å². The molecule has 3 N–H and O–H groups in total. The largest absolute Gasteiger partial charge is 0.343 e. The van der Waals surface area contributed by atoms with Crippen LogP contribution in [-0.4, -0.2) is 24.5 Å². The minimum absolute atomic E-state index is 0.111. The second-order valence-corrected chi connectivity index (χ2v) is 4.61. The average Bonchev–Trinajstić information content (AvgIpc) is 2.78. The molecule has 6 heteroatoms. The smallest absolute Gasteiger partial charge is 0.311 e. The van der Waals surface area contributed by atoms with Crippen molar-refractivity contribution in [1.82, 2.24) is 0 Å². The lowest BCUT2D eigenvalue weighted by molar-refractivity contribution is -0.677. The summed E-state index contributed by atoms with van der Waals surface area (Å²) >= 11 is 0. The first-order valence-electron chi connectivity index (χ1n) is 5.11. The Morgan fingerprint density at radius 3 is 2.69 bits per heavy atom. The van der Waals surface area contributed by atoms with Gasteiger partial charge >= 0.3 is 5.91 Å². The van der Waals surface area contributed by atoms with E-state index in [9.17, 15) is 10.5 Å². The molecule has 0 bridgehead atoms. The van der Waals surface area contributed by atoms with Gasteiger partial charge in [0.1, 0.15) is 0 Å². The molecule has 2 aliphatic heterocycles. The summed E-state index contributed by atoms with van der Waals surface area (Å²) in [4.78, 5) is 2.85. The number of nitrogens with zero attached hydrogens (tertiary/aromatic N) is 2. The van der Waals surface area contributed by atoms with Crippen LogP contribution in [0.1, 0.15) is 13.3 Å². The number of nitrogens with two attached hydrogens (primary N) is 1. The number of nitriles is 2. The molecule has 1 saturated heterocycles. The quantitative estimate of drug-likeness (QED) is 0.487. The number of fused-ring (bicyclic) bond motifs is 2. The first kappa shape index (κ1) is 9.59. The SMILES string of the molecule is C[C@H]1CO[C@@]2([NH+]=C(N)[C@@]3(C#N)C[C@@]23C#N)O1. The first-order valence-corrected chi connectivity index (χ1v) is 5.11. The third kappa shape index (κ3) is 0.683. The Kier molecular flexibility index (Phi) is 1.42. The minimum Gasteiger partial charge on any atom is -0.311 e. The highest BCUT2D eigenvalue weighted by Crippen LogP contribution is 2.70. The molecular weight excluding hydrogens is 208 g/mol. The number of ether oxygens (including phenoxy) is 2. The van der Waals surface area contributed by atoms with E-state index in [0.717, 1.165) is 0 Å². The molecule has 3 rings (SSSR count). The number of hydrogen-bond acceptors (Lipinski definition) is 5. The molecule has 3 aliphatic rings.